The Morgan fingerprint density at radius 2 is 1.84 bits per heavy atom. The van der Waals surface area contributed by atoms with E-state index in [4.69, 9.17) is 14.2 Å². The van der Waals surface area contributed by atoms with Gasteiger partial charge < -0.3 is 24.2 Å². The van der Waals surface area contributed by atoms with Crippen molar-refractivity contribution in [2.45, 2.75) is 63.6 Å². The summed E-state index contributed by atoms with van der Waals surface area (Å²) in [6, 6.07) is 6.55. The number of piperidine rings is 1. The van der Waals surface area contributed by atoms with Crippen LogP contribution in [0.3, 0.4) is 0 Å². The minimum atomic E-state index is -0.539. The predicted molar refractivity (Wildman–Crippen MR) is 124 cm³/mol. The molecule has 1 aliphatic carbocycles. The van der Waals surface area contributed by atoms with Crippen LogP contribution in [0.25, 0.3) is 0 Å². The summed E-state index contributed by atoms with van der Waals surface area (Å²) in [5.41, 5.74) is 1.14. The number of aliphatic hydroxyl groups is 1. The Morgan fingerprint density at radius 3 is 2.50 bits per heavy atom. The third-order valence-corrected chi connectivity index (χ3v) is 6.88. The first-order valence-corrected chi connectivity index (χ1v) is 12.0. The average Bonchev–Trinajstić information content (AvgIpc) is 2.83. The smallest absolute Gasteiger partial charge is 0.308 e. The van der Waals surface area contributed by atoms with Crippen LogP contribution in [0, 0.1) is 5.92 Å². The third-order valence-electron chi connectivity index (χ3n) is 6.88. The Labute approximate surface area is 192 Å². The minimum absolute atomic E-state index is 0.0187. The van der Waals surface area contributed by atoms with Gasteiger partial charge in [0.25, 0.3) is 0 Å². The third kappa shape index (κ3) is 7.09. The van der Waals surface area contributed by atoms with Crippen LogP contribution in [0.15, 0.2) is 18.2 Å². The molecule has 7 nitrogen and oxygen atoms in total. The number of carbonyl (C=O) groups is 1. The number of hydrogen-bond acceptors (Lipinski definition) is 7. The first kappa shape index (κ1) is 24.8. The zero-order chi connectivity index (χ0) is 22.9. The van der Waals surface area contributed by atoms with E-state index in [1.807, 2.05) is 18.2 Å². The molecule has 2 fully saturated rings. The molecule has 3 rings (SSSR count). The summed E-state index contributed by atoms with van der Waals surface area (Å²) in [5, 5.41) is 10.5. The molecular weight excluding hydrogens is 408 g/mol. The number of aliphatic hydroxyl groups excluding tert-OH is 1. The average molecular weight is 449 g/mol. The van der Waals surface area contributed by atoms with E-state index in [0.717, 1.165) is 38.0 Å². The van der Waals surface area contributed by atoms with Crippen molar-refractivity contribution in [1.82, 2.24) is 9.80 Å². The van der Waals surface area contributed by atoms with Crippen LogP contribution in [-0.4, -0.2) is 80.5 Å². The first-order valence-electron chi connectivity index (χ1n) is 12.0. The summed E-state index contributed by atoms with van der Waals surface area (Å²) in [6.45, 7) is 3.42. The van der Waals surface area contributed by atoms with Crippen LogP contribution < -0.4 is 9.47 Å². The number of ether oxygens (including phenoxy) is 3. The number of rotatable bonds is 10. The van der Waals surface area contributed by atoms with E-state index < -0.39 is 6.10 Å². The molecule has 0 aromatic heterocycles. The van der Waals surface area contributed by atoms with Crippen molar-refractivity contribution < 1.29 is 24.1 Å². The predicted octanol–water partition coefficient (Wildman–Crippen LogP) is 3.08. The van der Waals surface area contributed by atoms with Crippen LogP contribution >= 0.6 is 0 Å². The van der Waals surface area contributed by atoms with Gasteiger partial charge in [0.05, 0.1) is 20.1 Å². The highest BCUT2D eigenvalue weighted by Gasteiger charge is 2.26. The molecule has 1 atom stereocenters. The van der Waals surface area contributed by atoms with E-state index in [9.17, 15) is 9.90 Å². The molecule has 1 aromatic rings. The fraction of sp³-hybridized carbons (Fsp3) is 0.720. The van der Waals surface area contributed by atoms with E-state index in [0.29, 0.717) is 24.1 Å². The molecule has 2 aliphatic rings. The Kier molecular flexibility index (Phi) is 9.63. The molecule has 0 bridgehead atoms. The molecule has 1 unspecified atom stereocenters. The van der Waals surface area contributed by atoms with E-state index in [1.165, 1.54) is 39.2 Å². The van der Waals surface area contributed by atoms with E-state index in [-0.39, 0.29) is 18.5 Å². The van der Waals surface area contributed by atoms with Crippen molar-refractivity contribution in [3.8, 4) is 11.5 Å². The van der Waals surface area contributed by atoms with Gasteiger partial charge in [-0.05, 0) is 63.5 Å². The van der Waals surface area contributed by atoms with Crippen LogP contribution in [0.1, 0.15) is 50.5 Å². The lowest BCUT2D eigenvalue weighted by molar-refractivity contribution is -0.147. The molecule has 0 amide bonds. The molecule has 1 saturated carbocycles. The molecular formula is C25H40N2O5. The molecule has 32 heavy (non-hydrogen) atoms. The second-order valence-corrected chi connectivity index (χ2v) is 9.26. The molecule has 180 valence electrons. The zero-order valence-corrected chi connectivity index (χ0v) is 19.9. The summed E-state index contributed by atoms with van der Waals surface area (Å²) in [6.07, 6.45) is 7.47. The molecule has 7 heteroatoms. The maximum atomic E-state index is 11.7. The van der Waals surface area contributed by atoms with Crippen LogP contribution in [0.2, 0.25) is 0 Å². The molecule has 1 aromatic carbocycles. The van der Waals surface area contributed by atoms with Gasteiger partial charge in [0.2, 0.25) is 0 Å². The Balaban J connectivity index is 1.47. The highest BCUT2D eigenvalue weighted by molar-refractivity contribution is 5.72. The Bertz CT molecular complexity index is 714. The van der Waals surface area contributed by atoms with Crippen molar-refractivity contribution in [3.63, 3.8) is 0 Å². The molecule has 0 radical (unpaired) electrons. The van der Waals surface area contributed by atoms with Crippen LogP contribution in [0.4, 0.5) is 0 Å². The van der Waals surface area contributed by atoms with Gasteiger partial charge in [0.15, 0.2) is 11.5 Å². The number of nitrogens with zero attached hydrogens (tertiary/aromatic N) is 2. The van der Waals surface area contributed by atoms with Crippen molar-refractivity contribution in [3.05, 3.63) is 23.8 Å². The van der Waals surface area contributed by atoms with Crippen LogP contribution in [-0.2, 0) is 16.1 Å². The topological polar surface area (TPSA) is 71.5 Å². The van der Waals surface area contributed by atoms with Crippen molar-refractivity contribution in [1.29, 1.82) is 0 Å². The lowest BCUT2D eigenvalue weighted by Crippen LogP contribution is -2.40. The van der Waals surface area contributed by atoms with Crippen LogP contribution in [0.5, 0.6) is 11.5 Å². The van der Waals surface area contributed by atoms with Crippen molar-refractivity contribution in [2.75, 3.05) is 47.5 Å². The maximum absolute atomic E-state index is 11.7. The Hall–Kier alpha value is -1.83. The summed E-state index contributed by atoms with van der Waals surface area (Å²) >= 11 is 0. The quantitative estimate of drug-likeness (QED) is 0.552. The van der Waals surface area contributed by atoms with Crippen molar-refractivity contribution in [2.24, 2.45) is 5.92 Å². The maximum Gasteiger partial charge on any atom is 0.308 e. The lowest BCUT2D eigenvalue weighted by atomic mass is 9.94. The normalized spacial score (nSPS) is 19.7. The largest absolute Gasteiger partial charge is 0.493 e. The SMILES string of the molecule is COC(=O)C1CCN(Cc2ccc(OCC(O)CN(C)C3CCCCC3)c(OC)c2)CC1. The monoisotopic (exact) mass is 448 g/mol. The number of hydrogen-bond donors (Lipinski definition) is 1. The number of likely N-dealkylation sites (N-methyl/N-ethyl adjacent to an activating group) is 1. The number of carbonyl (C=O) groups excluding carboxylic acids is 1. The van der Waals surface area contributed by atoms with Gasteiger partial charge in [-0.15, -0.1) is 0 Å². The van der Waals surface area contributed by atoms with Gasteiger partial charge in [-0.25, -0.2) is 0 Å². The fourth-order valence-electron chi connectivity index (χ4n) is 4.92. The second kappa shape index (κ2) is 12.4. The van der Waals surface area contributed by atoms with Gasteiger partial charge in [0, 0.05) is 19.1 Å². The van der Waals surface area contributed by atoms with Gasteiger partial charge >= 0.3 is 5.97 Å². The van der Waals surface area contributed by atoms with E-state index >= 15 is 0 Å². The summed E-state index contributed by atoms with van der Waals surface area (Å²) in [7, 11) is 5.20. The van der Waals surface area contributed by atoms with Gasteiger partial charge in [0.1, 0.15) is 12.7 Å². The number of methoxy groups -OCH3 is 2. The second-order valence-electron chi connectivity index (χ2n) is 9.26. The summed E-state index contributed by atoms with van der Waals surface area (Å²) < 4.78 is 16.3. The van der Waals surface area contributed by atoms with Gasteiger partial charge in [-0.2, -0.15) is 0 Å². The molecule has 1 heterocycles. The Morgan fingerprint density at radius 1 is 1.12 bits per heavy atom. The summed E-state index contributed by atoms with van der Waals surface area (Å²) in [5.74, 6) is 1.25. The number of esters is 1. The number of likely N-dealkylation sites (tertiary alicyclic amines) is 1. The molecule has 0 spiro atoms. The fourth-order valence-corrected chi connectivity index (χ4v) is 4.92. The highest BCUT2D eigenvalue weighted by Crippen LogP contribution is 2.30. The molecule has 1 saturated heterocycles. The lowest BCUT2D eigenvalue weighted by Gasteiger charge is -2.32. The zero-order valence-electron chi connectivity index (χ0n) is 19.9. The minimum Gasteiger partial charge on any atom is -0.493 e. The van der Waals surface area contributed by atoms with Gasteiger partial charge in [-0.3, -0.25) is 9.69 Å². The standard InChI is InChI=1S/C25H40N2O5/c1-26(21-7-5-4-6-8-21)17-22(28)18-32-23-10-9-19(15-24(23)30-2)16-27-13-11-20(12-14-27)25(29)31-3/h9-10,15,20-22,28H,4-8,11-14,16-18H2,1-3H3. The van der Waals surface area contributed by atoms with Gasteiger partial charge in [-0.1, -0.05) is 25.3 Å². The number of benzene rings is 1. The van der Waals surface area contributed by atoms with E-state index in [1.54, 1.807) is 7.11 Å². The molecule has 1 aliphatic heterocycles. The molecule has 1 N–H and O–H groups in total. The van der Waals surface area contributed by atoms with Crippen molar-refractivity contribution >= 4 is 5.97 Å². The first-order chi connectivity index (χ1) is 15.5. The summed E-state index contributed by atoms with van der Waals surface area (Å²) in [4.78, 5) is 16.3. The van der Waals surface area contributed by atoms with E-state index in [2.05, 4.69) is 16.8 Å². The highest BCUT2D eigenvalue weighted by atomic mass is 16.5.